The third kappa shape index (κ3) is 5.53. The van der Waals surface area contributed by atoms with Crippen LogP contribution in [0.25, 0.3) is 10.9 Å². The van der Waals surface area contributed by atoms with E-state index in [1.165, 1.54) is 24.1 Å². The molecule has 1 saturated heterocycles. The Kier molecular flexibility index (Phi) is 7.60. The Labute approximate surface area is 199 Å². The zero-order valence-corrected chi connectivity index (χ0v) is 20.1. The van der Waals surface area contributed by atoms with Crippen LogP contribution < -0.4 is 10.5 Å². The minimum absolute atomic E-state index is 0.0539. The number of hydrogen-bond acceptors (Lipinski definition) is 4. The standard InChI is InChI=1S/C26H32N4O2S/c1-28(19-20-11-4-7-14-23(20)29-16-9-10-17-29)24(31)15-3-2-8-18-30-25(32)21-12-5-6-13-22(21)27-26(30)33/h4-7,11-14H,2-3,8-10,15-19H2,1H3,(H,27,33). The Morgan fingerprint density at radius 1 is 1.03 bits per heavy atom. The summed E-state index contributed by atoms with van der Waals surface area (Å²) in [5, 5.41) is 0.650. The van der Waals surface area contributed by atoms with Crippen molar-refractivity contribution >= 4 is 34.7 Å². The fourth-order valence-electron chi connectivity index (χ4n) is 4.57. The molecule has 1 fully saturated rings. The van der Waals surface area contributed by atoms with Gasteiger partial charge in [0, 0.05) is 45.3 Å². The molecule has 0 spiro atoms. The summed E-state index contributed by atoms with van der Waals surface area (Å²) in [5.74, 6) is 0.159. The molecule has 4 rings (SSSR count). The number of benzene rings is 2. The van der Waals surface area contributed by atoms with Gasteiger partial charge in [0.25, 0.3) is 5.56 Å². The molecule has 2 aromatic carbocycles. The van der Waals surface area contributed by atoms with Crippen LogP contribution in [0.4, 0.5) is 5.69 Å². The van der Waals surface area contributed by atoms with Crippen LogP contribution in [-0.4, -0.2) is 40.5 Å². The van der Waals surface area contributed by atoms with Crippen molar-refractivity contribution in [2.24, 2.45) is 0 Å². The van der Waals surface area contributed by atoms with Crippen molar-refractivity contribution in [1.29, 1.82) is 0 Å². The van der Waals surface area contributed by atoms with E-state index in [4.69, 9.17) is 12.2 Å². The summed E-state index contributed by atoms with van der Waals surface area (Å²) < 4.78 is 2.08. The van der Waals surface area contributed by atoms with Gasteiger partial charge < -0.3 is 14.8 Å². The number of nitrogens with zero attached hydrogens (tertiary/aromatic N) is 3. The molecule has 7 heteroatoms. The van der Waals surface area contributed by atoms with Crippen molar-refractivity contribution < 1.29 is 4.79 Å². The summed E-state index contributed by atoms with van der Waals surface area (Å²) in [7, 11) is 1.89. The Hall–Kier alpha value is -2.93. The minimum atomic E-state index is -0.0539. The van der Waals surface area contributed by atoms with Crippen molar-refractivity contribution in [2.45, 2.75) is 51.6 Å². The van der Waals surface area contributed by atoms with Crippen molar-refractivity contribution in [2.75, 3.05) is 25.0 Å². The lowest BCUT2D eigenvalue weighted by atomic mass is 10.1. The van der Waals surface area contributed by atoms with Crippen molar-refractivity contribution in [3.8, 4) is 0 Å². The van der Waals surface area contributed by atoms with E-state index < -0.39 is 0 Å². The quantitative estimate of drug-likeness (QED) is 0.362. The number of hydrogen-bond donors (Lipinski definition) is 1. The highest BCUT2D eigenvalue weighted by Crippen LogP contribution is 2.25. The molecule has 0 saturated carbocycles. The number of para-hydroxylation sites is 2. The molecule has 0 unspecified atom stereocenters. The second-order valence-corrected chi connectivity index (χ2v) is 9.20. The second-order valence-electron chi connectivity index (χ2n) is 8.82. The maximum atomic E-state index is 12.7. The van der Waals surface area contributed by atoms with Gasteiger partial charge in [0.2, 0.25) is 5.91 Å². The highest BCUT2D eigenvalue weighted by molar-refractivity contribution is 7.71. The number of unbranched alkanes of at least 4 members (excludes halogenated alkanes) is 2. The van der Waals surface area contributed by atoms with Crippen LogP contribution in [0.3, 0.4) is 0 Å². The molecule has 0 aliphatic carbocycles. The van der Waals surface area contributed by atoms with E-state index >= 15 is 0 Å². The summed E-state index contributed by atoms with van der Waals surface area (Å²) in [4.78, 5) is 32.8. The predicted octanol–water partition coefficient (Wildman–Crippen LogP) is 4.88. The molecule has 1 N–H and O–H groups in total. The van der Waals surface area contributed by atoms with Crippen LogP contribution >= 0.6 is 12.2 Å². The average Bonchev–Trinajstić information content (AvgIpc) is 3.35. The number of carbonyl (C=O) groups is 1. The van der Waals surface area contributed by atoms with E-state index in [0.717, 1.165) is 37.9 Å². The van der Waals surface area contributed by atoms with Gasteiger partial charge in [-0.15, -0.1) is 0 Å². The number of fused-ring (bicyclic) bond motifs is 1. The predicted molar refractivity (Wildman–Crippen MR) is 136 cm³/mol. The average molecular weight is 465 g/mol. The van der Waals surface area contributed by atoms with Crippen LogP contribution in [0.15, 0.2) is 53.3 Å². The topological polar surface area (TPSA) is 61.3 Å². The lowest BCUT2D eigenvalue weighted by Gasteiger charge is -2.24. The number of amides is 1. The van der Waals surface area contributed by atoms with Gasteiger partial charge in [-0.05, 0) is 61.7 Å². The van der Waals surface area contributed by atoms with Gasteiger partial charge in [-0.2, -0.15) is 0 Å². The first kappa shape index (κ1) is 23.2. The number of aromatic amines is 1. The number of H-pyrrole nitrogens is 1. The molecule has 1 aliphatic rings. The summed E-state index contributed by atoms with van der Waals surface area (Å²) in [5.41, 5.74) is 3.18. The molecule has 3 aromatic rings. The van der Waals surface area contributed by atoms with Gasteiger partial charge in [-0.3, -0.25) is 14.2 Å². The fraction of sp³-hybridized carbons (Fsp3) is 0.423. The Morgan fingerprint density at radius 3 is 2.58 bits per heavy atom. The van der Waals surface area contributed by atoms with Crippen molar-refractivity contribution in [3.05, 3.63) is 69.2 Å². The molecular formula is C26H32N4O2S. The summed E-state index contributed by atoms with van der Waals surface area (Å²) in [6.07, 6.45) is 5.47. The molecule has 33 heavy (non-hydrogen) atoms. The third-order valence-electron chi connectivity index (χ3n) is 6.43. The van der Waals surface area contributed by atoms with E-state index in [2.05, 4.69) is 28.1 Å². The lowest BCUT2D eigenvalue weighted by Crippen LogP contribution is -2.27. The van der Waals surface area contributed by atoms with Crippen LogP contribution in [0, 0.1) is 4.77 Å². The SMILES string of the molecule is CN(Cc1ccccc1N1CCCC1)C(=O)CCCCCn1c(=S)[nH]c2ccccc2c1=O. The lowest BCUT2D eigenvalue weighted by molar-refractivity contribution is -0.130. The first-order valence-corrected chi connectivity index (χ1v) is 12.2. The summed E-state index contributed by atoms with van der Waals surface area (Å²) in [6.45, 7) is 3.39. The molecule has 0 atom stereocenters. The molecule has 6 nitrogen and oxygen atoms in total. The van der Waals surface area contributed by atoms with Crippen LogP contribution in [0.1, 0.15) is 44.1 Å². The van der Waals surface area contributed by atoms with E-state index in [9.17, 15) is 9.59 Å². The number of rotatable bonds is 9. The van der Waals surface area contributed by atoms with E-state index in [-0.39, 0.29) is 11.5 Å². The van der Waals surface area contributed by atoms with Crippen molar-refractivity contribution in [3.63, 3.8) is 0 Å². The molecule has 2 heterocycles. The molecular weight excluding hydrogens is 432 g/mol. The van der Waals surface area contributed by atoms with Gasteiger partial charge in [-0.1, -0.05) is 36.8 Å². The minimum Gasteiger partial charge on any atom is -0.371 e. The largest absolute Gasteiger partial charge is 0.371 e. The van der Waals surface area contributed by atoms with Crippen molar-refractivity contribution in [1.82, 2.24) is 14.5 Å². The molecule has 174 valence electrons. The smallest absolute Gasteiger partial charge is 0.262 e. The van der Waals surface area contributed by atoms with E-state index in [0.29, 0.717) is 29.7 Å². The monoisotopic (exact) mass is 464 g/mol. The van der Waals surface area contributed by atoms with E-state index in [1.807, 2.05) is 42.3 Å². The molecule has 0 bridgehead atoms. The Bertz CT molecular complexity index is 1230. The molecule has 1 aromatic heterocycles. The molecule has 1 aliphatic heterocycles. The van der Waals surface area contributed by atoms with Gasteiger partial charge in [0.15, 0.2) is 4.77 Å². The van der Waals surface area contributed by atoms with Gasteiger partial charge in [-0.25, -0.2) is 0 Å². The van der Waals surface area contributed by atoms with Gasteiger partial charge >= 0.3 is 0 Å². The first-order valence-electron chi connectivity index (χ1n) is 11.8. The number of carbonyl (C=O) groups excluding carboxylic acids is 1. The Morgan fingerprint density at radius 2 is 1.76 bits per heavy atom. The second kappa shape index (κ2) is 10.8. The number of nitrogens with one attached hydrogen (secondary N) is 1. The Balaban J connectivity index is 1.26. The normalized spacial score (nSPS) is 13.5. The summed E-state index contributed by atoms with van der Waals surface area (Å²) >= 11 is 5.38. The third-order valence-corrected chi connectivity index (χ3v) is 6.76. The maximum Gasteiger partial charge on any atom is 0.262 e. The zero-order valence-electron chi connectivity index (χ0n) is 19.3. The van der Waals surface area contributed by atoms with Crippen LogP contribution in [-0.2, 0) is 17.9 Å². The fourth-order valence-corrected chi connectivity index (χ4v) is 4.85. The van der Waals surface area contributed by atoms with E-state index in [1.54, 1.807) is 4.57 Å². The molecule has 0 radical (unpaired) electrons. The number of aromatic nitrogens is 2. The highest BCUT2D eigenvalue weighted by atomic mass is 32.1. The van der Waals surface area contributed by atoms with Gasteiger partial charge in [0.1, 0.15) is 0 Å². The van der Waals surface area contributed by atoms with Gasteiger partial charge in [0.05, 0.1) is 10.9 Å². The maximum absolute atomic E-state index is 12.7. The first-order chi connectivity index (χ1) is 16.0. The zero-order chi connectivity index (χ0) is 23.2. The van der Waals surface area contributed by atoms with Crippen LogP contribution in [0.5, 0.6) is 0 Å². The van der Waals surface area contributed by atoms with Crippen LogP contribution in [0.2, 0.25) is 0 Å². The number of anilines is 1. The summed E-state index contributed by atoms with van der Waals surface area (Å²) in [6, 6.07) is 15.8. The highest BCUT2D eigenvalue weighted by Gasteiger charge is 2.17. The molecule has 1 amide bonds.